The van der Waals surface area contributed by atoms with Gasteiger partial charge in [0.2, 0.25) is 0 Å². The molecule has 3 aliphatic rings. The molecule has 0 aliphatic heterocycles. The molecule has 17 heavy (non-hydrogen) atoms. The van der Waals surface area contributed by atoms with E-state index in [0.717, 1.165) is 31.3 Å². The van der Waals surface area contributed by atoms with Gasteiger partial charge in [0.1, 0.15) is 0 Å². The van der Waals surface area contributed by atoms with E-state index in [1.54, 1.807) is 0 Å². The van der Waals surface area contributed by atoms with Gasteiger partial charge in [0.05, 0.1) is 6.10 Å². The normalized spacial score (nSPS) is 47.6. The van der Waals surface area contributed by atoms with Crippen LogP contribution in [0.4, 0.5) is 0 Å². The van der Waals surface area contributed by atoms with E-state index < -0.39 is 0 Å². The molecule has 0 aromatic rings. The molecule has 0 bridgehead atoms. The molecule has 94 valence electrons. The van der Waals surface area contributed by atoms with Crippen molar-refractivity contribution < 1.29 is 9.90 Å². The van der Waals surface area contributed by atoms with Crippen LogP contribution in [0.3, 0.4) is 0 Å². The number of hydrogen-bond donors (Lipinski definition) is 1. The maximum Gasteiger partial charge on any atom is 0.165 e. The number of carbonyl (C=O) groups is 1. The lowest BCUT2D eigenvalue weighted by Gasteiger charge is -2.40. The van der Waals surface area contributed by atoms with Crippen molar-refractivity contribution in [2.24, 2.45) is 16.2 Å². The molecule has 1 fully saturated rings. The summed E-state index contributed by atoms with van der Waals surface area (Å²) < 4.78 is 0. The SMILES string of the molecule is CC1(C)CC2=C(C1)[C@]1(C)[C@H](O)CC[C@]1(C)C2=O. The zero-order chi connectivity index (χ0) is 12.6. The third-order valence-electron chi connectivity index (χ3n) is 5.81. The number of hydrogen-bond acceptors (Lipinski definition) is 2. The molecule has 2 nitrogen and oxygen atoms in total. The van der Waals surface area contributed by atoms with Gasteiger partial charge in [-0.2, -0.15) is 0 Å². The van der Waals surface area contributed by atoms with Crippen molar-refractivity contribution in [3.8, 4) is 0 Å². The molecule has 0 unspecified atom stereocenters. The van der Waals surface area contributed by atoms with Crippen LogP contribution in [0.25, 0.3) is 0 Å². The highest BCUT2D eigenvalue weighted by atomic mass is 16.3. The van der Waals surface area contributed by atoms with E-state index in [-0.39, 0.29) is 22.3 Å². The fraction of sp³-hybridized carbons (Fsp3) is 0.800. The number of rotatable bonds is 0. The first kappa shape index (κ1) is 11.5. The molecule has 1 saturated carbocycles. The minimum Gasteiger partial charge on any atom is -0.392 e. The first-order chi connectivity index (χ1) is 7.72. The standard InChI is InChI=1S/C15H22O2/c1-13(2)7-9-10(8-13)15(4)11(16)5-6-14(15,3)12(9)17/h11,16H,5-8H2,1-4H3/t11-,14-,15-/m1/s1. The predicted molar refractivity (Wildman–Crippen MR) is 66.5 cm³/mol. The van der Waals surface area contributed by atoms with E-state index >= 15 is 0 Å². The summed E-state index contributed by atoms with van der Waals surface area (Å²) in [6, 6.07) is 0. The van der Waals surface area contributed by atoms with E-state index in [1.165, 1.54) is 5.57 Å². The van der Waals surface area contributed by atoms with Gasteiger partial charge in [-0.1, -0.05) is 33.3 Å². The van der Waals surface area contributed by atoms with Gasteiger partial charge >= 0.3 is 0 Å². The summed E-state index contributed by atoms with van der Waals surface area (Å²) in [6.45, 7) is 8.63. The van der Waals surface area contributed by atoms with Crippen molar-refractivity contribution >= 4 is 5.78 Å². The van der Waals surface area contributed by atoms with Gasteiger partial charge in [0, 0.05) is 10.8 Å². The average Bonchev–Trinajstić information content (AvgIpc) is 2.73. The van der Waals surface area contributed by atoms with E-state index in [9.17, 15) is 9.90 Å². The molecule has 3 atom stereocenters. The highest BCUT2D eigenvalue weighted by Gasteiger charge is 2.66. The minimum absolute atomic E-state index is 0.201. The Morgan fingerprint density at radius 2 is 1.82 bits per heavy atom. The Balaban J connectivity index is 2.14. The predicted octanol–water partition coefficient (Wildman–Crippen LogP) is 2.85. The number of fused-ring (bicyclic) bond motifs is 2. The molecule has 0 aromatic carbocycles. The molecule has 0 heterocycles. The van der Waals surface area contributed by atoms with Crippen LogP contribution in [0.15, 0.2) is 11.1 Å². The van der Waals surface area contributed by atoms with E-state index in [2.05, 4.69) is 27.7 Å². The van der Waals surface area contributed by atoms with Crippen LogP contribution in [-0.2, 0) is 4.79 Å². The monoisotopic (exact) mass is 234 g/mol. The van der Waals surface area contributed by atoms with Gasteiger partial charge < -0.3 is 5.11 Å². The number of carbonyl (C=O) groups excluding carboxylic acids is 1. The van der Waals surface area contributed by atoms with Crippen LogP contribution < -0.4 is 0 Å². The van der Waals surface area contributed by atoms with Crippen molar-refractivity contribution in [2.75, 3.05) is 0 Å². The Kier molecular flexibility index (Phi) is 1.92. The number of Topliss-reactive ketones (excluding diaryl/α,β-unsaturated/α-hetero) is 1. The van der Waals surface area contributed by atoms with E-state index in [1.807, 2.05) is 0 Å². The number of aliphatic hydroxyl groups is 1. The second kappa shape index (κ2) is 2.85. The fourth-order valence-corrected chi connectivity index (χ4v) is 4.51. The maximum absolute atomic E-state index is 12.7. The summed E-state index contributed by atoms with van der Waals surface area (Å²) in [5.74, 6) is 0.331. The van der Waals surface area contributed by atoms with Crippen molar-refractivity contribution in [3.05, 3.63) is 11.1 Å². The Hall–Kier alpha value is -0.630. The zero-order valence-electron chi connectivity index (χ0n) is 11.3. The summed E-state index contributed by atoms with van der Waals surface area (Å²) >= 11 is 0. The molecule has 0 aromatic heterocycles. The average molecular weight is 234 g/mol. The largest absolute Gasteiger partial charge is 0.392 e. The van der Waals surface area contributed by atoms with Crippen molar-refractivity contribution in [2.45, 2.75) is 59.5 Å². The number of allylic oxidation sites excluding steroid dienone is 1. The van der Waals surface area contributed by atoms with Crippen molar-refractivity contribution in [3.63, 3.8) is 0 Å². The second-order valence-electron chi connectivity index (χ2n) is 7.39. The molecule has 0 spiro atoms. The van der Waals surface area contributed by atoms with Crippen LogP contribution in [0.1, 0.15) is 53.4 Å². The molecule has 0 radical (unpaired) electrons. The molecule has 1 N–H and O–H groups in total. The zero-order valence-corrected chi connectivity index (χ0v) is 11.3. The van der Waals surface area contributed by atoms with E-state index in [0.29, 0.717) is 5.78 Å². The third-order valence-corrected chi connectivity index (χ3v) is 5.81. The van der Waals surface area contributed by atoms with Crippen LogP contribution >= 0.6 is 0 Å². The lowest BCUT2D eigenvalue weighted by molar-refractivity contribution is -0.128. The lowest BCUT2D eigenvalue weighted by atomic mass is 9.63. The topological polar surface area (TPSA) is 37.3 Å². The summed E-state index contributed by atoms with van der Waals surface area (Å²) in [7, 11) is 0. The molecule has 2 heteroatoms. The molecule has 3 rings (SSSR count). The Morgan fingerprint density at radius 1 is 1.18 bits per heavy atom. The molecular weight excluding hydrogens is 212 g/mol. The highest BCUT2D eigenvalue weighted by molar-refractivity contribution is 6.05. The van der Waals surface area contributed by atoms with Gasteiger partial charge in [-0.05, 0) is 36.7 Å². The second-order valence-corrected chi connectivity index (χ2v) is 7.39. The van der Waals surface area contributed by atoms with Crippen molar-refractivity contribution in [1.29, 1.82) is 0 Å². The summed E-state index contributed by atoms with van der Waals surface area (Å²) in [4.78, 5) is 12.7. The van der Waals surface area contributed by atoms with Crippen molar-refractivity contribution in [1.82, 2.24) is 0 Å². The minimum atomic E-state index is -0.335. The summed E-state index contributed by atoms with van der Waals surface area (Å²) in [6.07, 6.45) is 3.17. The van der Waals surface area contributed by atoms with Gasteiger partial charge in [-0.3, -0.25) is 4.79 Å². The maximum atomic E-state index is 12.7. The Morgan fingerprint density at radius 3 is 2.47 bits per heavy atom. The third kappa shape index (κ3) is 1.08. The Bertz CT molecular complexity index is 446. The number of aliphatic hydroxyl groups excluding tert-OH is 1. The summed E-state index contributed by atoms with van der Waals surface area (Å²) in [5.41, 5.74) is 1.92. The molecule has 0 amide bonds. The quantitative estimate of drug-likeness (QED) is 0.699. The van der Waals surface area contributed by atoms with E-state index in [4.69, 9.17) is 0 Å². The van der Waals surface area contributed by atoms with Crippen LogP contribution in [0.2, 0.25) is 0 Å². The molecule has 0 saturated heterocycles. The Labute approximate surface area is 103 Å². The van der Waals surface area contributed by atoms with Crippen LogP contribution in [-0.4, -0.2) is 17.0 Å². The van der Waals surface area contributed by atoms with Gasteiger partial charge in [0.15, 0.2) is 5.78 Å². The van der Waals surface area contributed by atoms with Gasteiger partial charge in [0.25, 0.3) is 0 Å². The first-order valence-corrected chi connectivity index (χ1v) is 6.68. The summed E-state index contributed by atoms with van der Waals surface area (Å²) in [5, 5.41) is 10.4. The van der Waals surface area contributed by atoms with Crippen LogP contribution in [0.5, 0.6) is 0 Å². The number of ketones is 1. The lowest BCUT2D eigenvalue weighted by Crippen LogP contribution is -2.42. The fourth-order valence-electron chi connectivity index (χ4n) is 4.51. The van der Waals surface area contributed by atoms with Gasteiger partial charge in [-0.15, -0.1) is 0 Å². The van der Waals surface area contributed by atoms with Gasteiger partial charge in [-0.25, -0.2) is 0 Å². The first-order valence-electron chi connectivity index (χ1n) is 6.68. The highest BCUT2D eigenvalue weighted by Crippen LogP contribution is 2.68. The van der Waals surface area contributed by atoms with Crippen LogP contribution in [0, 0.1) is 16.2 Å². The molecular formula is C15H22O2. The molecule has 3 aliphatic carbocycles. The smallest absolute Gasteiger partial charge is 0.165 e.